The third-order valence-corrected chi connectivity index (χ3v) is 4.52. The van der Waals surface area contributed by atoms with Crippen molar-refractivity contribution in [1.29, 1.82) is 0 Å². The maximum atomic E-state index is 6.05. The van der Waals surface area contributed by atoms with Gasteiger partial charge in [-0.15, -0.1) is 0 Å². The molecule has 1 rings (SSSR count). The summed E-state index contributed by atoms with van der Waals surface area (Å²) in [5.74, 6) is 1.00. The Labute approximate surface area is 94.5 Å². The molecule has 1 radical (unpaired) electrons. The highest BCUT2D eigenvalue weighted by Gasteiger charge is 2.11. The van der Waals surface area contributed by atoms with Crippen LogP contribution in [0.4, 0.5) is 0 Å². The highest BCUT2D eigenvalue weighted by Crippen LogP contribution is 2.23. The van der Waals surface area contributed by atoms with Crippen LogP contribution in [0.1, 0.15) is 25.0 Å². The lowest BCUT2D eigenvalue weighted by Crippen LogP contribution is -2.19. The Morgan fingerprint density at radius 2 is 2.00 bits per heavy atom. The van der Waals surface area contributed by atoms with Gasteiger partial charge in [0.25, 0.3) is 9.04 Å². The smallest absolute Gasteiger partial charge is 0.280 e. The Balaban J connectivity index is 2.90. The van der Waals surface area contributed by atoms with Crippen LogP contribution in [0.25, 0.3) is 6.08 Å². The fourth-order valence-electron chi connectivity index (χ4n) is 1.45. The Morgan fingerprint density at radius 3 is 2.53 bits per heavy atom. The fourth-order valence-corrected chi connectivity index (χ4v) is 2.72. The molecule has 0 spiro atoms. The van der Waals surface area contributed by atoms with E-state index < -0.39 is 9.04 Å². The molecule has 0 bridgehead atoms. The summed E-state index contributed by atoms with van der Waals surface area (Å²) in [6, 6.07) is 8.56. The lowest BCUT2D eigenvalue weighted by molar-refractivity contribution is 0.564. The standard InChI is InChI=1S/C13H19OSi/c1-5-12-9-8-11(4)10-13(12)14-15(6-2)7-3/h5,8-10H,1,6-7H2,2-4H3. The van der Waals surface area contributed by atoms with E-state index in [1.54, 1.807) is 0 Å². The molecular formula is C13H19OSi. The average molecular weight is 219 g/mol. The van der Waals surface area contributed by atoms with Crippen molar-refractivity contribution in [2.24, 2.45) is 0 Å². The third-order valence-electron chi connectivity index (χ3n) is 2.43. The molecule has 1 aromatic rings. The molecular weight excluding hydrogens is 200 g/mol. The van der Waals surface area contributed by atoms with Crippen LogP contribution in [0.3, 0.4) is 0 Å². The van der Waals surface area contributed by atoms with Gasteiger partial charge in [0, 0.05) is 5.56 Å². The normalized spacial score (nSPS) is 10.4. The van der Waals surface area contributed by atoms with E-state index in [1.807, 2.05) is 6.08 Å². The summed E-state index contributed by atoms with van der Waals surface area (Å²) in [4.78, 5) is 0. The first-order valence-corrected chi connectivity index (χ1v) is 7.29. The van der Waals surface area contributed by atoms with Crippen molar-refractivity contribution in [3.63, 3.8) is 0 Å². The second kappa shape index (κ2) is 5.76. The quantitative estimate of drug-likeness (QED) is 0.679. The van der Waals surface area contributed by atoms with Crippen molar-refractivity contribution in [3.8, 4) is 5.75 Å². The molecule has 0 aliphatic heterocycles. The van der Waals surface area contributed by atoms with Crippen LogP contribution in [-0.2, 0) is 0 Å². The van der Waals surface area contributed by atoms with Gasteiger partial charge in [0.2, 0.25) is 0 Å². The van der Waals surface area contributed by atoms with E-state index in [4.69, 9.17) is 4.43 Å². The minimum Gasteiger partial charge on any atom is -0.542 e. The van der Waals surface area contributed by atoms with Gasteiger partial charge in [-0.3, -0.25) is 0 Å². The number of hydrogen-bond acceptors (Lipinski definition) is 1. The fraction of sp³-hybridized carbons (Fsp3) is 0.385. The first kappa shape index (κ1) is 12.0. The van der Waals surface area contributed by atoms with E-state index in [-0.39, 0.29) is 0 Å². The molecule has 0 aromatic heterocycles. The first-order chi connectivity index (χ1) is 7.21. The molecule has 0 aliphatic carbocycles. The maximum Gasteiger partial charge on any atom is 0.280 e. The summed E-state index contributed by atoms with van der Waals surface area (Å²) in [5, 5.41) is 0. The molecule has 15 heavy (non-hydrogen) atoms. The number of aryl methyl sites for hydroxylation is 1. The van der Waals surface area contributed by atoms with Crippen LogP contribution in [0.5, 0.6) is 5.75 Å². The number of rotatable bonds is 5. The summed E-state index contributed by atoms with van der Waals surface area (Å²) >= 11 is 0. The monoisotopic (exact) mass is 219 g/mol. The van der Waals surface area contributed by atoms with Gasteiger partial charge in [0.15, 0.2) is 0 Å². The van der Waals surface area contributed by atoms with Gasteiger partial charge >= 0.3 is 0 Å². The van der Waals surface area contributed by atoms with Crippen molar-refractivity contribution in [3.05, 3.63) is 35.9 Å². The van der Waals surface area contributed by atoms with Crippen molar-refractivity contribution in [2.75, 3.05) is 0 Å². The topological polar surface area (TPSA) is 9.23 Å². The summed E-state index contributed by atoms with van der Waals surface area (Å²) in [6.45, 7) is 10.3. The first-order valence-electron chi connectivity index (χ1n) is 5.46. The average Bonchev–Trinajstić information content (AvgIpc) is 2.26. The zero-order valence-electron chi connectivity index (χ0n) is 9.84. The lowest BCUT2D eigenvalue weighted by Gasteiger charge is -2.16. The largest absolute Gasteiger partial charge is 0.542 e. The molecule has 0 N–H and O–H groups in total. The number of benzene rings is 1. The summed E-state index contributed by atoms with van der Waals surface area (Å²) in [7, 11) is -0.672. The Kier molecular flexibility index (Phi) is 4.63. The molecule has 2 heteroatoms. The minimum absolute atomic E-state index is 0.672. The van der Waals surface area contributed by atoms with Crippen molar-refractivity contribution < 1.29 is 4.43 Å². The summed E-state index contributed by atoms with van der Waals surface area (Å²) in [6.07, 6.45) is 1.86. The second-order valence-electron chi connectivity index (χ2n) is 3.59. The molecule has 0 atom stereocenters. The highest BCUT2D eigenvalue weighted by molar-refractivity contribution is 6.52. The van der Waals surface area contributed by atoms with Crippen molar-refractivity contribution in [1.82, 2.24) is 0 Å². The van der Waals surface area contributed by atoms with Gasteiger partial charge in [-0.25, -0.2) is 0 Å². The minimum atomic E-state index is -0.672. The molecule has 0 fully saturated rings. The molecule has 0 unspecified atom stereocenters. The highest BCUT2D eigenvalue weighted by atomic mass is 28.3. The van der Waals surface area contributed by atoms with E-state index in [2.05, 4.69) is 45.5 Å². The predicted octanol–water partition coefficient (Wildman–Crippen LogP) is 4.05. The van der Waals surface area contributed by atoms with E-state index in [0.717, 1.165) is 23.4 Å². The van der Waals surface area contributed by atoms with Gasteiger partial charge in [-0.1, -0.05) is 38.6 Å². The zero-order valence-corrected chi connectivity index (χ0v) is 10.8. The molecule has 81 valence electrons. The third kappa shape index (κ3) is 3.24. The van der Waals surface area contributed by atoms with E-state index in [1.165, 1.54) is 5.56 Å². The van der Waals surface area contributed by atoms with Crippen LogP contribution in [-0.4, -0.2) is 9.04 Å². The Morgan fingerprint density at radius 1 is 1.33 bits per heavy atom. The van der Waals surface area contributed by atoms with Gasteiger partial charge in [0.1, 0.15) is 5.75 Å². The van der Waals surface area contributed by atoms with Crippen LogP contribution in [0.2, 0.25) is 12.1 Å². The van der Waals surface area contributed by atoms with Gasteiger partial charge in [0.05, 0.1) is 0 Å². The van der Waals surface area contributed by atoms with Gasteiger partial charge in [-0.05, 0) is 30.6 Å². The molecule has 0 heterocycles. The van der Waals surface area contributed by atoms with E-state index in [0.29, 0.717) is 0 Å². The Bertz CT molecular complexity index is 329. The van der Waals surface area contributed by atoms with Crippen LogP contribution in [0.15, 0.2) is 24.8 Å². The second-order valence-corrected chi connectivity index (χ2v) is 6.29. The Hall–Kier alpha value is -1.02. The van der Waals surface area contributed by atoms with Crippen LogP contribution < -0.4 is 4.43 Å². The summed E-state index contributed by atoms with van der Waals surface area (Å²) in [5.41, 5.74) is 2.34. The summed E-state index contributed by atoms with van der Waals surface area (Å²) < 4.78 is 6.05. The maximum absolute atomic E-state index is 6.05. The van der Waals surface area contributed by atoms with E-state index >= 15 is 0 Å². The SMILES string of the molecule is C=Cc1ccc(C)cc1O[Si](CC)CC. The molecule has 0 saturated heterocycles. The van der Waals surface area contributed by atoms with Gasteiger partial charge < -0.3 is 4.43 Å². The molecule has 1 nitrogen and oxygen atoms in total. The molecule has 0 saturated carbocycles. The zero-order chi connectivity index (χ0) is 11.3. The van der Waals surface area contributed by atoms with Crippen molar-refractivity contribution in [2.45, 2.75) is 32.9 Å². The lowest BCUT2D eigenvalue weighted by atomic mass is 10.1. The molecule has 0 aliphatic rings. The molecule has 1 aromatic carbocycles. The van der Waals surface area contributed by atoms with E-state index in [9.17, 15) is 0 Å². The van der Waals surface area contributed by atoms with Gasteiger partial charge in [-0.2, -0.15) is 0 Å². The number of hydrogen-bond donors (Lipinski definition) is 0. The van der Waals surface area contributed by atoms with Crippen LogP contribution in [0, 0.1) is 6.92 Å². The molecule has 0 amide bonds. The van der Waals surface area contributed by atoms with Crippen LogP contribution >= 0.6 is 0 Å². The predicted molar refractivity (Wildman–Crippen MR) is 68.6 cm³/mol. The van der Waals surface area contributed by atoms with Crippen molar-refractivity contribution >= 4 is 15.1 Å².